The first kappa shape index (κ1) is 37.2. The standard InChI is InChI=1S/C22H33OSi.2C4H11Si.Sc/c1-14-11-18(22(5,6)7)20(23-8)19(12-14)24(9,10)21-16(3)13-15(2)17(21)4;2*1-5(2,3)4;/h11-12,16H,1-10H3;2*1H2,2-4H3;/q3*-1;+3. The summed E-state index contributed by atoms with van der Waals surface area (Å²) in [4.78, 5) is 0. The van der Waals surface area contributed by atoms with E-state index in [1.807, 2.05) is 7.11 Å². The Morgan fingerprint density at radius 3 is 1.54 bits per heavy atom. The molecule has 0 amide bonds. The summed E-state index contributed by atoms with van der Waals surface area (Å²) in [5.74, 6) is 1.51. The third-order valence-electron chi connectivity index (χ3n) is 5.42. The van der Waals surface area contributed by atoms with Gasteiger partial charge in [-0.3, -0.25) is 6.08 Å². The maximum Gasteiger partial charge on any atom is 3.00 e. The zero-order valence-corrected chi connectivity index (χ0v) is 30.9. The summed E-state index contributed by atoms with van der Waals surface area (Å²) in [5, 5.41) is 3.02. The van der Waals surface area contributed by atoms with Crippen LogP contribution in [0.1, 0.15) is 52.7 Å². The summed E-state index contributed by atoms with van der Waals surface area (Å²) >= 11 is 0. The number of methoxy groups -OCH3 is 1. The van der Waals surface area contributed by atoms with E-state index in [-0.39, 0.29) is 31.3 Å². The van der Waals surface area contributed by atoms with Gasteiger partial charge in [-0.25, -0.2) is 11.1 Å². The van der Waals surface area contributed by atoms with Crippen molar-refractivity contribution in [2.24, 2.45) is 5.92 Å². The molecule has 0 fully saturated rings. The minimum absolute atomic E-state index is 0. The normalized spacial score (nSPS) is 16.4. The molecule has 5 heteroatoms. The van der Waals surface area contributed by atoms with E-state index in [1.54, 1.807) is 5.20 Å². The average Bonchev–Trinajstić information content (AvgIpc) is 2.83. The van der Waals surface area contributed by atoms with Crippen LogP contribution >= 0.6 is 0 Å². The van der Waals surface area contributed by atoms with Gasteiger partial charge >= 0.3 is 25.8 Å². The van der Waals surface area contributed by atoms with Crippen LogP contribution in [0.15, 0.2) is 28.5 Å². The van der Waals surface area contributed by atoms with Gasteiger partial charge in [0.05, 0.1) is 15.2 Å². The van der Waals surface area contributed by atoms with Crippen molar-refractivity contribution in [2.45, 2.75) is 106 Å². The van der Waals surface area contributed by atoms with E-state index in [2.05, 4.69) is 132 Å². The Balaban J connectivity index is 0. The maximum atomic E-state index is 5.99. The predicted octanol–water partition coefficient (Wildman–Crippen LogP) is 8.86. The van der Waals surface area contributed by atoms with Crippen molar-refractivity contribution >= 4 is 29.4 Å². The summed E-state index contributed by atoms with van der Waals surface area (Å²) in [6.07, 6.45) is 3.63. The second-order valence-electron chi connectivity index (χ2n) is 13.9. The molecule has 1 nitrogen and oxygen atoms in total. The van der Waals surface area contributed by atoms with Crippen molar-refractivity contribution in [3.8, 4) is 5.75 Å². The molecule has 1 atom stereocenters. The summed E-state index contributed by atoms with van der Waals surface area (Å²) < 4.78 is 5.99. The Bertz CT molecular complexity index is 868. The molecular weight excluding hydrogens is 506 g/mol. The number of hydrogen-bond donors (Lipinski definition) is 0. The minimum atomic E-state index is -1.85. The van der Waals surface area contributed by atoms with Crippen LogP contribution in [-0.4, -0.2) is 31.3 Å². The second kappa shape index (κ2) is 13.7. The number of allylic oxidation sites excluding steroid dienone is 4. The van der Waals surface area contributed by atoms with Gasteiger partial charge in [0.15, 0.2) is 0 Å². The van der Waals surface area contributed by atoms with Crippen molar-refractivity contribution in [1.82, 2.24) is 0 Å². The zero-order valence-electron chi connectivity index (χ0n) is 26.1. The van der Waals surface area contributed by atoms with Crippen molar-refractivity contribution in [3.63, 3.8) is 0 Å². The molecule has 0 N–H and O–H groups in total. The number of hydrogen-bond acceptors (Lipinski definition) is 1. The maximum absolute atomic E-state index is 5.99. The van der Waals surface area contributed by atoms with E-state index in [0.29, 0.717) is 5.92 Å². The van der Waals surface area contributed by atoms with Crippen LogP contribution in [0.4, 0.5) is 0 Å². The minimum Gasteiger partial charge on any atom is -0.497 e. The average molecular weight is 561 g/mol. The number of aryl methyl sites for hydroxylation is 1. The van der Waals surface area contributed by atoms with Gasteiger partial charge in [0.1, 0.15) is 5.75 Å². The van der Waals surface area contributed by atoms with Crippen LogP contribution in [-0.2, 0) is 31.3 Å². The van der Waals surface area contributed by atoms with Gasteiger partial charge in [-0.05, 0) is 23.1 Å². The van der Waals surface area contributed by atoms with Gasteiger partial charge in [0.2, 0.25) is 0 Å². The molecule has 0 aromatic heterocycles. The smallest absolute Gasteiger partial charge is 0.497 e. The number of benzene rings is 1. The Morgan fingerprint density at radius 2 is 1.26 bits per heavy atom. The van der Waals surface area contributed by atoms with Gasteiger partial charge in [-0.15, -0.1) is 23.1 Å². The van der Waals surface area contributed by atoms with E-state index in [0.717, 1.165) is 5.75 Å². The van der Waals surface area contributed by atoms with Crippen molar-refractivity contribution in [2.75, 3.05) is 7.11 Å². The van der Waals surface area contributed by atoms with Gasteiger partial charge < -0.3 is 17.8 Å². The van der Waals surface area contributed by atoms with Crippen molar-refractivity contribution < 1.29 is 30.6 Å². The third kappa shape index (κ3) is 12.9. The van der Waals surface area contributed by atoms with Crippen LogP contribution in [0.5, 0.6) is 5.75 Å². The molecule has 1 aliphatic rings. The summed E-state index contributed by atoms with van der Waals surface area (Å²) in [7, 11) is -1.75. The fraction of sp³-hybridized carbons (Fsp3) is 0.600. The fourth-order valence-electron chi connectivity index (χ4n) is 4.20. The quantitative estimate of drug-likeness (QED) is 0.265. The van der Waals surface area contributed by atoms with E-state index in [4.69, 9.17) is 4.74 Å². The molecule has 0 saturated carbocycles. The van der Waals surface area contributed by atoms with E-state index in [9.17, 15) is 0 Å². The van der Waals surface area contributed by atoms with Crippen LogP contribution in [0.3, 0.4) is 0 Å². The molecule has 0 saturated heterocycles. The second-order valence-corrected chi connectivity index (χ2v) is 28.5. The molecule has 1 aromatic carbocycles. The van der Waals surface area contributed by atoms with E-state index < -0.39 is 24.2 Å². The fourth-order valence-corrected chi connectivity index (χ4v) is 8.16. The Labute approximate surface area is 242 Å². The first-order valence-corrected chi connectivity index (χ1v) is 23.0. The predicted molar refractivity (Wildman–Crippen MR) is 165 cm³/mol. The van der Waals surface area contributed by atoms with E-state index >= 15 is 0 Å². The monoisotopic (exact) mass is 560 g/mol. The third-order valence-corrected chi connectivity index (χ3v) is 9.30. The molecule has 2 rings (SSSR count). The molecule has 1 unspecified atom stereocenters. The molecular formula is C30H55OScSi3. The molecule has 35 heavy (non-hydrogen) atoms. The molecule has 1 aliphatic carbocycles. The Morgan fingerprint density at radius 1 is 0.857 bits per heavy atom. The van der Waals surface area contributed by atoms with Crippen LogP contribution in [0.25, 0.3) is 0 Å². The van der Waals surface area contributed by atoms with Crippen LogP contribution < -0.4 is 9.92 Å². The topological polar surface area (TPSA) is 9.23 Å². The Kier molecular flexibility index (Phi) is 14.6. The molecule has 0 heterocycles. The SMILES string of the molecule is COc1c(C(C)(C)C)cc(C)cc1[Si](C)(C)C1=C(C)C(C)=[C-]C1C.[CH2-][Si](C)(C)C.[CH2-][Si](C)(C)C.[Sc+3]. The zero-order chi connectivity index (χ0) is 27.4. The molecule has 0 spiro atoms. The number of ether oxygens (including phenoxy) is 1. The van der Waals surface area contributed by atoms with Crippen molar-refractivity contribution in [3.05, 3.63) is 58.8 Å². The number of rotatable bonds is 3. The van der Waals surface area contributed by atoms with Gasteiger partial charge in [-0.1, -0.05) is 111 Å². The molecule has 0 radical (unpaired) electrons. The van der Waals surface area contributed by atoms with Crippen LogP contribution in [0.2, 0.25) is 52.4 Å². The summed E-state index contributed by atoms with van der Waals surface area (Å²) in [6, 6.07) is 4.66. The molecule has 0 aliphatic heterocycles. The largest absolute Gasteiger partial charge is 3.00 e. The van der Waals surface area contributed by atoms with Gasteiger partial charge in [0, 0.05) is 0 Å². The summed E-state index contributed by atoms with van der Waals surface area (Å²) in [5.41, 5.74) is 5.48. The molecule has 196 valence electrons. The van der Waals surface area contributed by atoms with Gasteiger partial charge in [0.25, 0.3) is 0 Å². The van der Waals surface area contributed by atoms with Crippen LogP contribution in [0, 0.1) is 32.0 Å². The molecule has 1 aromatic rings. The summed E-state index contributed by atoms with van der Waals surface area (Å²) in [6.45, 7) is 41.8. The van der Waals surface area contributed by atoms with Gasteiger partial charge in [-0.2, -0.15) is 5.20 Å². The van der Waals surface area contributed by atoms with E-state index in [1.165, 1.54) is 27.5 Å². The molecule has 0 bridgehead atoms. The first-order valence-electron chi connectivity index (χ1n) is 12.6. The van der Waals surface area contributed by atoms with Crippen molar-refractivity contribution in [1.29, 1.82) is 0 Å². The Hall–Kier alpha value is 0.0208. The first-order chi connectivity index (χ1) is 14.9.